The predicted octanol–water partition coefficient (Wildman–Crippen LogP) is -0.219. The molecule has 0 fully saturated rings. The molecule has 70 valence electrons. The van der Waals surface area contributed by atoms with Gasteiger partial charge in [-0.25, -0.2) is 4.79 Å². The van der Waals surface area contributed by atoms with E-state index in [1.807, 2.05) is 0 Å². The topological polar surface area (TPSA) is 86.6 Å². The average molecular weight is 193 g/mol. The van der Waals surface area contributed by atoms with Crippen molar-refractivity contribution in [1.29, 1.82) is 0 Å². The van der Waals surface area contributed by atoms with E-state index in [-0.39, 0.29) is 6.42 Å². The maximum atomic E-state index is 10.5. The first-order valence-corrected chi connectivity index (χ1v) is 3.79. The molecule has 1 atom stereocenters. The lowest BCUT2D eigenvalue weighted by atomic mass is 10.2. The smallest absolute Gasteiger partial charge is 0.334 e. The third kappa shape index (κ3) is 3.10. The standard InChI is InChI=1S/C6H11NO4S/c1-2-6(12,5(10)11)7-3-4(8)9/h7,12H,2-3H2,1H3,(H,8,9)(H,10,11). The van der Waals surface area contributed by atoms with Crippen molar-refractivity contribution in [2.24, 2.45) is 0 Å². The maximum absolute atomic E-state index is 10.5. The van der Waals surface area contributed by atoms with Crippen molar-refractivity contribution in [1.82, 2.24) is 5.32 Å². The number of nitrogens with one attached hydrogen (secondary N) is 1. The summed E-state index contributed by atoms with van der Waals surface area (Å²) in [6.45, 7) is 1.19. The Labute approximate surface area is 75.2 Å². The first-order chi connectivity index (χ1) is 5.42. The van der Waals surface area contributed by atoms with Gasteiger partial charge in [0.15, 0.2) is 4.87 Å². The van der Waals surface area contributed by atoms with Gasteiger partial charge in [-0.1, -0.05) is 6.92 Å². The highest BCUT2D eigenvalue weighted by atomic mass is 32.1. The number of hydrogen-bond acceptors (Lipinski definition) is 4. The van der Waals surface area contributed by atoms with Crippen LogP contribution in [-0.4, -0.2) is 33.6 Å². The Morgan fingerprint density at radius 1 is 1.50 bits per heavy atom. The minimum absolute atomic E-state index is 0.207. The van der Waals surface area contributed by atoms with E-state index in [4.69, 9.17) is 10.2 Å². The average Bonchev–Trinajstić information content (AvgIpc) is 1.99. The zero-order chi connectivity index (χ0) is 9.78. The van der Waals surface area contributed by atoms with Gasteiger partial charge in [0.05, 0.1) is 6.54 Å². The quantitative estimate of drug-likeness (QED) is 0.358. The molecule has 12 heavy (non-hydrogen) atoms. The third-order valence-electron chi connectivity index (χ3n) is 1.40. The number of aliphatic carboxylic acids is 2. The molecule has 1 unspecified atom stereocenters. The molecule has 0 saturated heterocycles. The lowest BCUT2D eigenvalue weighted by Crippen LogP contribution is -2.48. The minimum atomic E-state index is -1.45. The van der Waals surface area contributed by atoms with Gasteiger partial charge in [0.1, 0.15) is 0 Å². The summed E-state index contributed by atoms with van der Waals surface area (Å²) in [5.74, 6) is -2.28. The Morgan fingerprint density at radius 3 is 2.25 bits per heavy atom. The minimum Gasteiger partial charge on any atom is -0.480 e. The van der Waals surface area contributed by atoms with E-state index in [9.17, 15) is 9.59 Å². The zero-order valence-electron chi connectivity index (χ0n) is 6.57. The second-order valence-corrected chi connectivity index (χ2v) is 3.03. The summed E-state index contributed by atoms with van der Waals surface area (Å²) in [7, 11) is 0. The van der Waals surface area contributed by atoms with E-state index < -0.39 is 23.4 Å². The molecule has 0 aromatic rings. The number of hydrogen-bond donors (Lipinski definition) is 4. The Balaban J connectivity index is 4.15. The molecule has 0 radical (unpaired) electrons. The number of thiol groups is 1. The van der Waals surface area contributed by atoms with E-state index >= 15 is 0 Å². The van der Waals surface area contributed by atoms with Crippen LogP contribution < -0.4 is 5.32 Å². The van der Waals surface area contributed by atoms with Crippen LogP contribution in [0.3, 0.4) is 0 Å². The zero-order valence-corrected chi connectivity index (χ0v) is 7.47. The van der Waals surface area contributed by atoms with E-state index in [1.165, 1.54) is 0 Å². The Morgan fingerprint density at radius 2 is 2.00 bits per heavy atom. The molecule has 6 heteroatoms. The van der Waals surface area contributed by atoms with E-state index in [0.717, 1.165) is 0 Å². The van der Waals surface area contributed by atoms with Gasteiger partial charge >= 0.3 is 11.9 Å². The Bertz CT molecular complexity index is 196. The first kappa shape index (κ1) is 11.2. The molecule has 0 aliphatic carbocycles. The molecule has 0 aliphatic rings. The van der Waals surface area contributed by atoms with E-state index in [1.54, 1.807) is 6.92 Å². The summed E-state index contributed by atoms with van der Waals surface area (Å²) in [5, 5.41) is 19.2. The van der Waals surface area contributed by atoms with Crippen LogP contribution in [0.5, 0.6) is 0 Å². The monoisotopic (exact) mass is 193 g/mol. The van der Waals surface area contributed by atoms with Gasteiger partial charge in [0, 0.05) is 0 Å². The molecule has 0 rings (SSSR count). The van der Waals surface area contributed by atoms with Crippen LogP contribution in [0.25, 0.3) is 0 Å². The van der Waals surface area contributed by atoms with Gasteiger partial charge in [-0.3, -0.25) is 10.1 Å². The number of carboxylic acids is 2. The molecule has 5 nitrogen and oxygen atoms in total. The molecule has 0 bridgehead atoms. The summed E-state index contributed by atoms with van der Waals surface area (Å²) in [6, 6.07) is 0. The first-order valence-electron chi connectivity index (χ1n) is 3.35. The third-order valence-corrected chi connectivity index (χ3v) is 2.06. The fraction of sp³-hybridized carbons (Fsp3) is 0.667. The van der Waals surface area contributed by atoms with Crippen molar-refractivity contribution in [2.45, 2.75) is 18.2 Å². The van der Waals surface area contributed by atoms with Gasteiger partial charge < -0.3 is 10.2 Å². The molecule has 0 aromatic carbocycles. The van der Waals surface area contributed by atoms with Gasteiger partial charge in [-0.05, 0) is 6.42 Å². The molecule has 0 amide bonds. The molecule has 0 aromatic heterocycles. The number of carboxylic acid groups (broad SMARTS) is 2. The van der Waals surface area contributed by atoms with Crippen molar-refractivity contribution < 1.29 is 19.8 Å². The number of rotatable bonds is 5. The fourth-order valence-electron chi connectivity index (χ4n) is 0.574. The van der Waals surface area contributed by atoms with Crippen molar-refractivity contribution in [3.05, 3.63) is 0 Å². The summed E-state index contributed by atoms with van der Waals surface area (Å²) < 4.78 is 0. The molecular formula is C6H11NO4S. The Kier molecular flexibility index (Phi) is 4.05. The molecule has 0 saturated carbocycles. The molecule has 0 aliphatic heterocycles. The van der Waals surface area contributed by atoms with Gasteiger partial charge in [-0.2, -0.15) is 0 Å². The van der Waals surface area contributed by atoms with Crippen molar-refractivity contribution >= 4 is 24.6 Å². The van der Waals surface area contributed by atoms with Crippen LogP contribution >= 0.6 is 12.6 Å². The molecule has 3 N–H and O–H groups in total. The SMILES string of the molecule is CCC(S)(NCC(=O)O)C(=O)O. The molecular weight excluding hydrogens is 182 g/mol. The maximum Gasteiger partial charge on any atom is 0.334 e. The van der Waals surface area contributed by atoms with E-state index in [2.05, 4.69) is 17.9 Å². The summed E-state index contributed by atoms with van der Waals surface area (Å²) in [5.41, 5.74) is 0. The second-order valence-electron chi connectivity index (χ2n) is 2.27. The van der Waals surface area contributed by atoms with Crippen LogP contribution in [0.2, 0.25) is 0 Å². The Hall–Kier alpha value is -0.750. The highest BCUT2D eigenvalue weighted by Crippen LogP contribution is 2.14. The van der Waals surface area contributed by atoms with Gasteiger partial charge in [0.25, 0.3) is 0 Å². The molecule has 0 spiro atoms. The highest BCUT2D eigenvalue weighted by Gasteiger charge is 2.32. The van der Waals surface area contributed by atoms with Crippen LogP contribution in [0.15, 0.2) is 0 Å². The van der Waals surface area contributed by atoms with Crippen molar-refractivity contribution in [3.8, 4) is 0 Å². The van der Waals surface area contributed by atoms with Crippen LogP contribution in [0.4, 0.5) is 0 Å². The predicted molar refractivity (Wildman–Crippen MR) is 45.3 cm³/mol. The largest absolute Gasteiger partial charge is 0.480 e. The van der Waals surface area contributed by atoms with Gasteiger partial charge in [-0.15, -0.1) is 12.6 Å². The highest BCUT2D eigenvalue weighted by molar-refractivity contribution is 7.82. The summed E-state index contributed by atoms with van der Waals surface area (Å²) >= 11 is 3.81. The van der Waals surface area contributed by atoms with Crippen molar-refractivity contribution in [3.63, 3.8) is 0 Å². The lowest BCUT2D eigenvalue weighted by molar-refractivity contribution is -0.141. The summed E-state index contributed by atoms with van der Waals surface area (Å²) in [6.07, 6.45) is 0.207. The van der Waals surface area contributed by atoms with Crippen LogP contribution in [-0.2, 0) is 9.59 Å². The fourth-order valence-corrected chi connectivity index (χ4v) is 0.653. The number of carbonyl (C=O) groups is 2. The summed E-state index contributed by atoms with van der Waals surface area (Å²) in [4.78, 5) is 19.2. The van der Waals surface area contributed by atoms with Gasteiger partial charge in [0.2, 0.25) is 0 Å². The van der Waals surface area contributed by atoms with Crippen molar-refractivity contribution in [2.75, 3.05) is 6.54 Å². The normalized spacial score (nSPS) is 15.2. The lowest BCUT2D eigenvalue weighted by Gasteiger charge is -2.22. The van der Waals surface area contributed by atoms with Crippen LogP contribution in [0.1, 0.15) is 13.3 Å². The van der Waals surface area contributed by atoms with E-state index in [0.29, 0.717) is 0 Å². The second kappa shape index (κ2) is 4.32. The van der Waals surface area contributed by atoms with Crippen LogP contribution in [0, 0.1) is 0 Å². The molecule has 0 heterocycles.